The largest absolute Gasteiger partial charge is 0.511 e. The molecule has 2 rings (SSSR count). The number of hydrogen-bond acceptors (Lipinski definition) is 4. The van der Waals surface area contributed by atoms with Crippen molar-refractivity contribution in [2.24, 2.45) is 4.99 Å². The Labute approximate surface area is 163 Å². The summed E-state index contributed by atoms with van der Waals surface area (Å²) >= 11 is 0. The van der Waals surface area contributed by atoms with Gasteiger partial charge in [0.15, 0.2) is 5.96 Å². The summed E-state index contributed by atoms with van der Waals surface area (Å²) in [6.07, 6.45) is 3.08. The first-order chi connectivity index (χ1) is 13.1. The Kier molecular flexibility index (Phi) is 7.64. The number of hydrogen-bond donors (Lipinski definition) is 2. The van der Waals surface area contributed by atoms with E-state index in [2.05, 4.69) is 20.6 Å². The van der Waals surface area contributed by atoms with Gasteiger partial charge < -0.3 is 10.6 Å². The second-order valence-electron chi connectivity index (χ2n) is 6.59. The highest BCUT2D eigenvalue weighted by atomic mass is 32.2. The number of piperidine rings is 1. The van der Waals surface area contributed by atoms with E-state index in [9.17, 15) is 21.6 Å². The number of nitrogens with one attached hydrogen (secondary N) is 2. The fourth-order valence-corrected chi connectivity index (χ4v) is 3.83. The Hall–Kier alpha value is -1.88. The maximum atomic E-state index is 12.6. The van der Waals surface area contributed by atoms with Crippen LogP contribution in [0.2, 0.25) is 0 Å². The third-order valence-corrected chi connectivity index (χ3v) is 6.04. The van der Waals surface area contributed by atoms with Crippen LogP contribution in [-0.2, 0) is 16.4 Å². The Bertz CT molecular complexity index is 758. The maximum Gasteiger partial charge on any atom is 0.511 e. The van der Waals surface area contributed by atoms with Crippen molar-refractivity contribution >= 4 is 16.0 Å². The minimum atomic E-state index is -5.26. The van der Waals surface area contributed by atoms with E-state index in [0.29, 0.717) is 29.8 Å². The molecule has 0 bridgehead atoms. The zero-order valence-corrected chi connectivity index (χ0v) is 16.8. The van der Waals surface area contributed by atoms with E-state index in [1.54, 1.807) is 0 Å². The van der Waals surface area contributed by atoms with Crippen molar-refractivity contribution in [1.29, 1.82) is 0 Å². The summed E-state index contributed by atoms with van der Waals surface area (Å²) in [5, 5.41) is 6.29. The topological polar surface area (TPSA) is 86.7 Å². The zero-order valence-electron chi connectivity index (χ0n) is 16.0. The third-order valence-electron chi connectivity index (χ3n) is 4.41. The Morgan fingerprint density at radius 1 is 1.32 bits per heavy atom. The number of guanidine groups is 1. The van der Waals surface area contributed by atoms with Crippen LogP contribution in [0.15, 0.2) is 23.3 Å². The van der Waals surface area contributed by atoms with Gasteiger partial charge in [0.2, 0.25) is 0 Å². The van der Waals surface area contributed by atoms with Crippen molar-refractivity contribution in [2.45, 2.75) is 44.7 Å². The van der Waals surface area contributed by atoms with Crippen molar-refractivity contribution in [2.75, 3.05) is 26.2 Å². The molecule has 1 saturated heterocycles. The highest BCUT2D eigenvalue weighted by molar-refractivity contribution is 7.90. The number of aliphatic imine (C=N–C) groups is 1. The molecule has 0 unspecified atom stereocenters. The summed E-state index contributed by atoms with van der Waals surface area (Å²) in [5.41, 5.74) is -3.24. The van der Waals surface area contributed by atoms with E-state index in [1.807, 2.05) is 32.2 Å². The molecule has 7 nitrogen and oxygen atoms in total. The summed E-state index contributed by atoms with van der Waals surface area (Å²) in [6.45, 7) is 4.66. The van der Waals surface area contributed by atoms with Gasteiger partial charge in [-0.2, -0.15) is 17.5 Å². The minimum absolute atomic E-state index is 0.140. The van der Waals surface area contributed by atoms with Crippen LogP contribution in [0, 0.1) is 6.92 Å². The molecule has 0 saturated carbocycles. The summed E-state index contributed by atoms with van der Waals surface area (Å²) < 4.78 is 61.4. The van der Waals surface area contributed by atoms with Crippen molar-refractivity contribution in [3.05, 3.63) is 29.6 Å². The molecule has 158 valence electrons. The molecular weight excluding hydrogens is 395 g/mol. The average molecular weight is 421 g/mol. The molecule has 0 spiro atoms. The van der Waals surface area contributed by atoms with Gasteiger partial charge in [0, 0.05) is 44.1 Å². The fraction of sp³-hybridized carbons (Fsp3) is 0.647. The van der Waals surface area contributed by atoms with Crippen LogP contribution >= 0.6 is 0 Å². The van der Waals surface area contributed by atoms with E-state index < -0.39 is 15.5 Å². The number of aryl methyl sites for hydroxylation is 1. The normalized spacial score (nSPS) is 17.5. The van der Waals surface area contributed by atoms with E-state index >= 15 is 0 Å². The van der Waals surface area contributed by atoms with Crippen molar-refractivity contribution in [1.82, 2.24) is 19.9 Å². The van der Waals surface area contributed by atoms with Crippen LogP contribution in [-0.4, -0.2) is 61.4 Å². The number of sulfonamides is 1. The lowest BCUT2D eigenvalue weighted by Crippen LogP contribution is -2.51. The van der Waals surface area contributed by atoms with Gasteiger partial charge in [-0.05, 0) is 44.7 Å². The number of alkyl halides is 3. The highest BCUT2D eigenvalue weighted by Crippen LogP contribution is 2.28. The first-order valence-corrected chi connectivity index (χ1v) is 10.6. The van der Waals surface area contributed by atoms with Gasteiger partial charge in [-0.1, -0.05) is 6.07 Å². The second kappa shape index (κ2) is 9.55. The van der Waals surface area contributed by atoms with Crippen LogP contribution in [0.1, 0.15) is 31.0 Å². The van der Waals surface area contributed by atoms with Crippen LogP contribution in [0.3, 0.4) is 0 Å². The second-order valence-corrected chi connectivity index (χ2v) is 8.52. The Morgan fingerprint density at radius 2 is 2.00 bits per heavy atom. The molecule has 1 fully saturated rings. The smallest absolute Gasteiger partial charge is 0.357 e. The van der Waals surface area contributed by atoms with E-state index in [-0.39, 0.29) is 32.0 Å². The first-order valence-electron chi connectivity index (χ1n) is 9.16. The third kappa shape index (κ3) is 6.06. The zero-order chi connectivity index (χ0) is 20.8. The molecule has 2 heterocycles. The fourth-order valence-electron chi connectivity index (χ4n) is 2.84. The molecule has 0 atom stereocenters. The van der Waals surface area contributed by atoms with Crippen molar-refractivity contribution in [3.63, 3.8) is 0 Å². The summed E-state index contributed by atoms with van der Waals surface area (Å²) in [7, 11) is -5.26. The van der Waals surface area contributed by atoms with Gasteiger partial charge in [0.1, 0.15) is 0 Å². The number of nitrogens with zero attached hydrogens (tertiary/aromatic N) is 3. The lowest BCUT2D eigenvalue weighted by molar-refractivity contribution is -0.0494. The van der Waals surface area contributed by atoms with Crippen molar-refractivity contribution < 1.29 is 21.6 Å². The van der Waals surface area contributed by atoms with Crippen molar-refractivity contribution in [3.8, 4) is 0 Å². The van der Waals surface area contributed by atoms with Crippen LogP contribution in [0.4, 0.5) is 13.2 Å². The summed E-state index contributed by atoms with van der Waals surface area (Å²) in [4.78, 5) is 8.72. The van der Waals surface area contributed by atoms with Gasteiger partial charge in [-0.15, -0.1) is 0 Å². The monoisotopic (exact) mass is 421 g/mol. The molecule has 1 aliphatic rings. The molecule has 28 heavy (non-hydrogen) atoms. The van der Waals surface area contributed by atoms with Gasteiger partial charge in [0.25, 0.3) is 0 Å². The molecule has 0 amide bonds. The molecule has 2 N–H and O–H groups in total. The maximum absolute atomic E-state index is 12.6. The van der Waals surface area contributed by atoms with Gasteiger partial charge in [0.05, 0.1) is 0 Å². The van der Waals surface area contributed by atoms with Crippen LogP contribution in [0.25, 0.3) is 0 Å². The molecule has 0 aromatic carbocycles. The lowest BCUT2D eigenvalue weighted by atomic mass is 10.1. The molecule has 11 heteroatoms. The molecule has 0 radical (unpaired) electrons. The highest BCUT2D eigenvalue weighted by Gasteiger charge is 2.50. The first kappa shape index (κ1) is 22.4. The number of pyridine rings is 1. The predicted octanol–water partition coefficient (Wildman–Crippen LogP) is 1.80. The van der Waals surface area contributed by atoms with Gasteiger partial charge in [-0.3, -0.25) is 9.98 Å². The SMILES string of the molecule is CCNC(=NCCc1ccc(C)nc1)NC1CCN(S(=O)(=O)C(F)(F)F)CC1. The molecule has 0 aliphatic carbocycles. The quantitative estimate of drug-likeness (QED) is 0.540. The average Bonchev–Trinajstić information content (AvgIpc) is 2.63. The number of aromatic nitrogens is 1. The summed E-state index contributed by atoms with van der Waals surface area (Å²) in [5.74, 6) is 0.569. The Morgan fingerprint density at radius 3 is 2.54 bits per heavy atom. The minimum Gasteiger partial charge on any atom is -0.357 e. The van der Waals surface area contributed by atoms with Gasteiger partial charge in [-0.25, -0.2) is 8.42 Å². The number of halogens is 3. The Balaban J connectivity index is 1.88. The van der Waals surface area contributed by atoms with E-state index in [0.717, 1.165) is 11.3 Å². The molecule has 1 aromatic rings. The van der Waals surface area contributed by atoms with E-state index in [1.165, 1.54) is 0 Å². The lowest BCUT2D eigenvalue weighted by Gasteiger charge is -2.32. The number of rotatable bonds is 6. The standard InChI is InChI=1S/C17H26F3N5O2S/c1-3-21-16(22-9-6-14-5-4-13(2)23-12-14)24-15-7-10-25(11-8-15)28(26,27)17(18,19)20/h4-5,12,15H,3,6-11H2,1-2H3,(H2,21,22,24). The van der Waals surface area contributed by atoms with Gasteiger partial charge >= 0.3 is 15.5 Å². The van der Waals surface area contributed by atoms with Crippen LogP contribution < -0.4 is 10.6 Å². The molecule has 1 aromatic heterocycles. The predicted molar refractivity (Wildman–Crippen MR) is 101 cm³/mol. The molecule has 1 aliphatic heterocycles. The van der Waals surface area contributed by atoms with E-state index in [4.69, 9.17) is 0 Å². The summed E-state index contributed by atoms with van der Waals surface area (Å²) in [6, 6.07) is 3.79. The van der Waals surface area contributed by atoms with Crippen LogP contribution in [0.5, 0.6) is 0 Å². The molecular formula is C17H26F3N5O2S.